The monoisotopic (exact) mass is 468 g/mol. The van der Waals surface area contributed by atoms with Crippen LogP contribution in [0.25, 0.3) is 22.2 Å². The second-order valence-corrected chi connectivity index (χ2v) is 8.83. The van der Waals surface area contributed by atoms with Crippen molar-refractivity contribution >= 4 is 28.4 Å². The maximum absolute atomic E-state index is 13.2. The van der Waals surface area contributed by atoms with E-state index in [0.29, 0.717) is 36.3 Å². The molecule has 1 saturated heterocycles. The molecule has 1 fully saturated rings. The van der Waals surface area contributed by atoms with Crippen LogP contribution < -0.4 is 16.0 Å². The minimum atomic E-state index is -0.560. The quantitative estimate of drug-likeness (QED) is 0.450. The number of rotatable bonds is 6. The van der Waals surface area contributed by atoms with Gasteiger partial charge in [-0.25, -0.2) is 4.98 Å². The van der Waals surface area contributed by atoms with Crippen LogP contribution in [0.3, 0.4) is 0 Å². The average molecular weight is 469 g/mol. The third-order valence-electron chi connectivity index (χ3n) is 6.50. The standard InChI is InChI=1S/C27H28N6O2/c1-3-21(31-26(34)17-9-5-4-6-10-17)23-19-11-7-8-12-22(19)30-24(18-15-29-32(2)16-18)25(23)33-14-13-20(28)27(33)35/h4-12,15-16,20-21H,3,13-14,28H2,1-2H3,(H,31,34)/t20?,21-/m1/s1. The lowest BCUT2D eigenvalue weighted by Crippen LogP contribution is -2.36. The summed E-state index contributed by atoms with van der Waals surface area (Å²) in [7, 11) is 1.84. The van der Waals surface area contributed by atoms with Crippen molar-refractivity contribution in [2.75, 3.05) is 11.4 Å². The fourth-order valence-corrected chi connectivity index (χ4v) is 4.73. The molecule has 0 spiro atoms. The Balaban J connectivity index is 1.75. The van der Waals surface area contributed by atoms with Crippen molar-refractivity contribution in [3.05, 3.63) is 78.1 Å². The maximum Gasteiger partial charge on any atom is 0.251 e. The van der Waals surface area contributed by atoms with Crippen LogP contribution in [-0.2, 0) is 11.8 Å². The van der Waals surface area contributed by atoms with Gasteiger partial charge in [-0.05, 0) is 31.0 Å². The smallest absolute Gasteiger partial charge is 0.251 e. The van der Waals surface area contributed by atoms with Crippen LogP contribution in [0.2, 0.25) is 0 Å². The van der Waals surface area contributed by atoms with Crippen molar-refractivity contribution in [1.29, 1.82) is 0 Å². The van der Waals surface area contributed by atoms with E-state index in [2.05, 4.69) is 10.4 Å². The lowest BCUT2D eigenvalue weighted by molar-refractivity contribution is -0.118. The van der Waals surface area contributed by atoms with Crippen LogP contribution in [-0.4, -0.2) is 39.2 Å². The number of fused-ring (bicyclic) bond motifs is 1. The summed E-state index contributed by atoms with van der Waals surface area (Å²) in [6, 6.07) is 16.1. The predicted molar refractivity (Wildman–Crippen MR) is 136 cm³/mol. The lowest BCUT2D eigenvalue weighted by Gasteiger charge is -2.29. The molecule has 8 heteroatoms. The topological polar surface area (TPSA) is 106 Å². The molecule has 0 radical (unpaired) electrons. The largest absolute Gasteiger partial charge is 0.345 e. The number of aromatic nitrogens is 3. The first-order chi connectivity index (χ1) is 17.0. The fourth-order valence-electron chi connectivity index (χ4n) is 4.73. The molecule has 0 saturated carbocycles. The number of nitrogens with two attached hydrogens (primary N) is 1. The SMILES string of the molecule is CC[C@@H](NC(=O)c1ccccc1)c1c(N2CCC(N)C2=O)c(-c2cnn(C)c2)nc2ccccc12. The minimum Gasteiger partial charge on any atom is -0.345 e. The lowest BCUT2D eigenvalue weighted by atomic mass is 9.94. The highest BCUT2D eigenvalue weighted by molar-refractivity contribution is 6.06. The van der Waals surface area contributed by atoms with Crippen molar-refractivity contribution in [3.63, 3.8) is 0 Å². The van der Waals surface area contributed by atoms with Gasteiger partial charge in [0.05, 0.1) is 35.2 Å². The summed E-state index contributed by atoms with van der Waals surface area (Å²) in [4.78, 5) is 33.1. The zero-order valence-corrected chi connectivity index (χ0v) is 19.8. The molecule has 2 aromatic heterocycles. The Bertz CT molecular complexity index is 1400. The number of hydrogen-bond donors (Lipinski definition) is 2. The predicted octanol–water partition coefficient (Wildman–Crippen LogP) is 3.58. The van der Waals surface area contributed by atoms with E-state index in [1.54, 1.807) is 27.9 Å². The Labute approximate surface area is 203 Å². The average Bonchev–Trinajstić information content (AvgIpc) is 3.46. The van der Waals surface area contributed by atoms with Gasteiger partial charge in [0.2, 0.25) is 5.91 Å². The number of nitrogens with zero attached hydrogens (tertiary/aromatic N) is 4. The van der Waals surface area contributed by atoms with E-state index in [0.717, 1.165) is 22.0 Å². The molecule has 4 aromatic rings. The number of carbonyl (C=O) groups is 2. The summed E-state index contributed by atoms with van der Waals surface area (Å²) in [5, 5.41) is 8.44. The number of benzene rings is 2. The molecule has 1 aliphatic heterocycles. The van der Waals surface area contributed by atoms with E-state index in [4.69, 9.17) is 10.7 Å². The highest BCUT2D eigenvalue weighted by atomic mass is 16.2. The minimum absolute atomic E-state index is 0.141. The summed E-state index contributed by atoms with van der Waals surface area (Å²) < 4.78 is 1.71. The van der Waals surface area contributed by atoms with Gasteiger partial charge in [0.1, 0.15) is 0 Å². The van der Waals surface area contributed by atoms with Gasteiger partial charge in [-0.15, -0.1) is 0 Å². The van der Waals surface area contributed by atoms with Gasteiger partial charge in [-0.3, -0.25) is 14.3 Å². The normalized spacial score (nSPS) is 16.6. The number of para-hydroxylation sites is 1. The number of carbonyl (C=O) groups excluding carboxylic acids is 2. The maximum atomic E-state index is 13.2. The van der Waals surface area contributed by atoms with Gasteiger partial charge in [0.15, 0.2) is 0 Å². The molecule has 2 amide bonds. The number of amides is 2. The second-order valence-electron chi connectivity index (χ2n) is 8.83. The second kappa shape index (κ2) is 9.31. The molecule has 2 aromatic carbocycles. The fraction of sp³-hybridized carbons (Fsp3) is 0.259. The number of nitrogens with one attached hydrogen (secondary N) is 1. The molecule has 8 nitrogen and oxygen atoms in total. The third-order valence-corrected chi connectivity index (χ3v) is 6.50. The van der Waals surface area contributed by atoms with Gasteiger partial charge in [-0.2, -0.15) is 5.10 Å². The van der Waals surface area contributed by atoms with Gasteiger partial charge < -0.3 is 16.0 Å². The molecule has 3 heterocycles. The Morgan fingerprint density at radius 2 is 1.91 bits per heavy atom. The number of aryl methyl sites for hydroxylation is 1. The molecular formula is C27H28N6O2. The highest BCUT2D eigenvalue weighted by Crippen LogP contribution is 2.42. The first-order valence-corrected chi connectivity index (χ1v) is 11.8. The van der Waals surface area contributed by atoms with E-state index in [-0.39, 0.29) is 17.9 Å². The van der Waals surface area contributed by atoms with Gasteiger partial charge in [0, 0.05) is 41.9 Å². The molecule has 5 rings (SSSR count). The van der Waals surface area contributed by atoms with E-state index < -0.39 is 6.04 Å². The Hall–Kier alpha value is -4.04. The van der Waals surface area contributed by atoms with E-state index >= 15 is 0 Å². The summed E-state index contributed by atoms with van der Waals surface area (Å²) in [5.74, 6) is -0.311. The summed E-state index contributed by atoms with van der Waals surface area (Å²) >= 11 is 0. The van der Waals surface area contributed by atoms with E-state index in [1.165, 1.54) is 0 Å². The summed E-state index contributed by atoms with van der Waals surface area (Å²) in [5.41, 5.74) is 10.5. The first-order valence-electron chi connectivity index (χ1n) is 11.8. The van der Waals surface area contributed by atoms with Crippen LogP contribution in [0.4, 0.5) is 5.69 Å². The number of anilines is 1. The zero-order valence-electron chi connectivity index (χ0n) is 19.8. The molecular weight excluding hydrogens is 440 g/mol. The Morgan fingerprint density at radius 3 is 2.57 bits per heavy atom. The van der Waals surface area contributed by atoms with Crippen LogP contribution in [0.1, 0.15) is 41.7 Å². The first kappa shape index (κ1) is 22.7. The third kappa shape index (κ3) is 4.17. The van der Waals surface area contributed by atoms with Crippen LogP contribution in [0.15, 0.2) is 67.0 Å². The van der Waals surface area contributed by atoms with Gasteiger partial charge >= 0.3 is 0 Å². The Morgan fingerprint density at radius 1 is 1.17 bits per heavy atom. The van der Waals surface area contributed by atoms with Gasteiger partial charge in [0.25, 0.3) is 5.91 Å². The van der Waals surface area contributed by atoms with Gasteiger partial charge in [-0.1, -0.05) is 43.3 Å². The van der Waals surface area contributed by atoms with Crippen LogP contribution >= 0.6 is 0 Å². The molecule has 35 heavy (non-hydrogen) atoms. The Kier molecular flexibility index (Phi) is 6.05. The van der Waals surface area contributed by atoms with Crippen molar-refractivity contribution < 1.29 is 9.59 Å². The van der Waals surface area contributed by atoms with Crippen molar-refractivity contribution in [2.24, 2.45) is 12.8 Å². The van der Waals surface area contributed by atoms with Crippen molar-refractivity contribution in [2.45, 2.75) is 31.8 Å². The molecule has 0 bridgehead atoms. The summed E-state index contributed by atoms with van der Waals surface area (Å²) in [6.45, 7) is 2.51. The van der Waals surface area contributed by atoms with Crippen LogP contribution in [0.5, 0.6) is 0 Å². The summed E-state index contributed by atoms with van der Waals surface area (Å²) in [6.07, 6.45) is 4.81. The molecule has 0 aliphatic carbocycles. The van der Waals surface area contributed by atoms with Crippen LogP contribution in [0, 0.1) is 0 Å². The highest BCUT2D eigenvalue weighted by Gasteiger charge is 2.36. The molecule has 3 N–H and O–H groups in total. The molecule has 1 unspecified atom stereocenters. The molecule has 178 valence electrons. The zero-order chi connectivity index (χ0) is 24.5. The van der Waals surface area contributed by atoms with Crippen molar-refractivity contribution in [1.82, 2.24) is 20.1 Å². The van der Waals surface area contributed by atoms with Crippen molar-refractivity contribution in [3.8, 4) is 11.3 Å². The molecule has 2 atom stereocenters. The number of pyridine rings is 1. The van der Waals surface area contributed by atoms with E-state index in [1.807, 2.05) is 62.6 Å². The van der Waals surface area contributed by atoms with E-state index in [9.17, 15) is 9.59 Å². The number of hydrogen-bond acceptors (Lipinski definition) is 5. The molecule has 1 aliphatic rings.